The lowest BCUT2D eigenvalue weighted by molar-refractivity contribution is -0.434. The molecule has 1 atom stereocenters. The maximum atomic E-state index is 14.0. The summed E-state index contributed by atoms with van der Waals surface area (Å²) in [5, 5.41) is 11.4. The van der Waals surface area contributed by atoms with Crippen molar-refractivity contribution in [3.8, 4) is 5.75 Å². The molecule has 0 saturated heterocycles. The Morgan fingerprint density at radius 2 is 1.95 bits per heavy atom. The fourth-order valence-electron chi connectivity index (χ4n) is 2.25. The van der Waals surface area contributed by atoms with Gasteiger partial charge in [-0.05, 0) is 18.2 Å². The van der Waals surface area contributed by atoms with Gasteiger partial charge in [0.25, 0.3) is 5.70 Å². The first kappa shape index (κ1) is 13.6. The fraction of sp³-hybridized carbons (Fsp3) is 0.0667. The van der Waals surface area contributed by atoms with Gasteiger partial charge in [0.15, 0.2) is 0 Å². The summed E-state index contributed by atoms with van der Waals surface area (Å²) in [7, 11) is 0. The van der Waals surface area contributed by atoms with Crippen LogP contribution in [0.4, 0.5) is 4.39 Å². The quantitative estimate of drug-likeness (QED) is 0.616. The van der Waals surface area contributed by atoms with E-state index in [-0.39, 0.29) is 16.3 Å². The number of nitrogens with zero attached hydrogens (tertiary/aromatic N) is 1. The highest BCUT2D eigenvalue weighted by atomic mass is 35.5. The van der Waals surface area contributed by atoms with E-state index in [1.165, 1.54) is 24.3 Å². The van der Waals surface area contributed by atoms with Gasteiger partial charge in [0.05, 0.1) is 15.5 Å². The monoisotopic (exact) mass is 305 g/mol. The highest BCUT2D eigenvalue weighted by Gasteiger charge is 2.36. The van der Waals surface area contributed by atoms with E-state index in [1.54, 1.807) is 24.3 Å². The minimum atomic E-state index is -1.18. The Balaban J connectivity index is 2.17. The molecule has 2 aromatic rings. The van der Waals surface area contributed by atoms with Gasteiger partial charge in [-0.2, -0.15) is 0 Å². The molecule has 0 aliphatic carbocycles. The Morgan fingerprint density at radius 3 is 2.67 bits per heavy atom. The van der Waals surface area contributed by atoms with Crippen LogP contribution in [0.1, 0.15) is 17.2 Å². The molecule has 0 bridgehead atoms. The molecule has 1 heterocycles. The molecule has 0 aromatic heterocycles. The third kappa shape index (κ3) is 2.36. The van der Waals surface area contributed by atoms with Gasteiger partial charge < -0.3 is 4.74 Å². The summed E-state index contributed by atoms with van der Waals surface area (Å²) < 4.78 is 19.7. The largest absolute Gasteiger partial charge is 0.474 e. The number of rotatable bonds is 2. The number of nitro groups is 1. The number of hydrogen-bond donors (Lipinski definition) is 0. The molecule has 2 aromatic carbocycles. The molecule has 0 spiro atoms. The van der Waals surface area contributed by atoms with Crippen LogP contribution in [-0.4, -0.2) is 4.92 Å². The van der Waals surface area contributed by atoms with Crippen LogP contribution in [0.2, 0.25) is 5.02 Å². The molecule has 3 rings (SSSR count). The van der Waals surface area contributed by atoms with E-state index in [0.29, 0.717) is 11.3 Å². The topological polar surface area (TPSA) is 52.4 Å². The van der Waals surface area contributed by atoms with Crippen molar-refractivity contribution in [1.82, 2.24) is 0 Å². The summed E-state index contributed by atoms with van der Waals surface area (Å²) >= 11 is 5.99. The predicted molar refractivity (Wildman–Crippen MR) is 76.2 cm³/mol. The second kappa shape index (κ2) is 5.18. The molecule has 0 radical (unpaired) electrons. The lowest BCUT2D eigenvalue weighted by Crippen LogP contribution is -2.21. The minimum absolute atomic E-state index is 0.0309. The maximum absolute atomic E-state index is 14.0. The van der Waals surface area contributed by atoms with Crippen LogP contribution in [0.15, 0.2) is 48.2 Å². The van der Waals surface area contributed by atoms with Crippen LogP contribution < -0.4 is 4.74 Å². The zero-order valence-corrected chi connectivity index (χ0v) is 11.4. The number of ether oxygens (including phenoxy) is 1. The molecular formula is C15H9ClFNO3. The highest BCUT2D eigenvalue weighted by Crippen LogP contribution is 2.40. The molecule has 6 heteroatoms. The summed E-state index contributed by atoms with van der Waals surface area (Å²) in [5.74, 6) is -0.188. The van der Waals surface area contributed by atoms with Crippen molar-refractivity contribution in [2.24, 2.45) is 0 Å². The van der Waals surface area contributed by atoms with Crippen LogP contribution in [0, 0.1) is 15.9 Å². The van der Waals surface area contributed by atoms with Crippen molar-refractivity contribution >= 4 is 17.7 Å². The Bertz CT molecular complexity index is 740. The van der Waals surface area contributed by atoms with Gasteiger partial charge >= 0.3 is 0 Å². The number of halogens is 2. The Hall–Kier alpha value is -2.40. The first-order valence-electron chi connectivity index (χ1n) is 6.13. The summed E-state index contributed by atoms with van der Waals surface area (Å²) in [6, 6.07) is 11.0. The van der Waals surface area contributed by atoms with Crippen LogP contribution in [0.25, 0.3) is 6.08 Å². The van der Waals surface area contributed by atoms with Crippen molar-refractivity contribution in [3.63, 3.8) is 0 Å². The van der Waals surface area contributed by atoms with E-state index in [4.69, 9.17) is 16.3 Å². The summed E-state index contributed by atoms with van der Waals surface area (Å²) in [6.07, 6.45) is 0.204. The van der Waals surface area contributed by atoms with Crippen LogP contribution in [0.3, 0.4) is 0 Å². The first-order valence-corrected chi connectivity index (χ1v) is 6.51. The Kier molecular flexibility index (Phi) is 3.35. The Labute approximate surface area is 124 Å². The molecule has 21 heavy (non-hydrogen) atoms. The number of fused-ring (bicyclic) bond motifs is 1. The number of para-hydroxylation sites is 1. The van der Waals surface area contributed by atoms with Crippen molar-refractivity contribution in [3.05, 3.63) is 80.2 Å². The summed E-state index contributed by atoms with van der Waals surface area (Å²) in [6.45, 7) is 0. The fourth-order valence-corrected chi connectivity index (χ4v) is 2.51. The standard InChI is InChI=1S/C15H9ClFNO3/c16-10-5-3-6-11(17)14(10)15-12(18(19)20)8-9-4-1-2-7-13(9)21-15/h1-8,15H/t15-/m1/s1. The summed E-state index contributed by atoms with van der Waals surface area (Å²) in [5.41, 5.74) is 0.297. The van der Waals surface area contributed by atoms with Gasteiger partial charge in [-0.1, -0.05) is 35.9 Å². The second-order valence-corrected chi connectivity index (χ2v) is 4.90. The van der Waals surface area contributed by atoms with Gasteiger partial charge in [-0.25, -0.2) is 4.39 Å². The Morgan fingerprint density at radius 1 is 1.19 bits per heavy atom. The number of hydrogen-bond acceptors (Lipinski definition) is 3. The molecule has 0 fully saturated rings. The lowest BCUT2D eigenvalue weighted by atomic mass is 10.0. The average molecular weight is 306 g/mol. The van der Waals surface area contributed by atoms with Crippen molar-refractivity contribution < 1.29 is 14.1 Å². The SMILES string of the molecule is O=[N+]([O-])C1=Cc2ccccc2O[C@H]1c1c(F)cccc1Cl. The summed E-state index contributed by atoms with van der Waals surface area (Å²) in [4.78, 5) is 10.7. The van der Waals surface area contributed by atoms with Crippen molar-refractivity contribution in [2.45, 2.75) is 6.10 Å². The molecule has 0 saturated carbocycles. The van der Waals surface area contributed by atoms with E-state index < -0.39 is 16.8 Å². The molecule has 0 amide bonds. The average Bonchev–Trinajstić information content (AvgIpc) is 2.46. The zero-order chi connectivity index (χ0) is 15.0. The van der Waals surface area contributed by atoms with E-state index in [9.17, 15) is 14.5 Å². The van der Waals surface area contributed by atoms with Crippen molar-refractivity contribution in [1.29, 1.82) is 0 Å². The van der Waals surface area contributed by atoms with Gasteiger partial charge in [-0.3, -0.25) is 10.1 Å². The third-order valence-electron chi connectivity index (χ3n) is 3.21. The van der Waals surface area contributed by atoms with E-state index in [0.717, 1.165) is 0 Å². The zero-order valence-electron chi connectivity index (χ0n) is 10.6. The minimum Gasteiger partial charge on any atom is -0.474 e. The van der Waals surface area contributed by atoms with Gasteiger partial charge in [-0.15, -0.1) is 0 Å². The third-order valence-corrected chi connectivity index (χ3v) is 3.54. The highest BCUT2D eigenvalue weighted by molar-refractivity contribution is 6.31. The molecule has 0 unspecified atom stereocenters. The lowest BCUT2D eigenvalue weighted by Gasteiger charge is -2.23. The smallest absolute Gasteiger partial charge is 0.291 e. The van der Waals surface area contributed by atoms with Crippen LogP contribution in [0.5, 0.6) is 5.75 Å². The van der Waals surface area contributed by atoms with Gasteiger partial charge in [0, 0.05) is 11.6 Å². The molecule has 1 aliphatic rings. The number of benzene rings is 2. The normalized spacial score (nSPS) is 16.7. The molecule has 106 valence electrons. The van der Waals surface area contributed by atoms with E-state index in [1.807, 2.05) is 0 Å². The molecule has 1 aliphatic heterocycles. The maximum Gasteiger partial charge on any atom is 0.291 e. The van der Waals surface area contributed by atoms with E-state index >= 15 is 0 Å². The van der Waals surface area contributed by atoms with Crippen molar-refractivity contribution in [2.75, 3.05) is 0 Å². The van der Waals surface area contributed by atoms with Gasteiger partial charge in [0.2, 0.25) is 6.10 Å². The molecular weight excluding hydrogens is 297 g/mol. The molecule has 4 nitrogen and oxygen atoms in total. The first-order chi connectivity index (χ1) is 10.1. The van der Waals surface area contributed by atoms with E-state index in [2.05, 4.69) is 0 Å². The second-order valence-electron chi connectivity index (χ2n) is 4.50. The van der Waals surface area contributed by atoms with Crippen LogP contribution >= 0.6 is 11.6 Å². The predicted octanol–water partition coefficient (Wildman–Crippen LogP) is 4.23. The molecule has 0 N–H and O–H groups in total. The van der Waals surface area contributed by atoms with Gasteiger partial charge in [0.1, 0.15) is 11.6 Å². The van der Waals surface area contributed by atoms with Crippen LogP contribution in [-0.2, 0) is 0 Å².